The number of carbonyl (C=O) groups is 2. The fraction of sp³-hybridized carbons (Fsp3) is 0.905. The number of ketones is 1. The summed E-state index contributed by atoms with van der Waals surface area (Å²) in [6, 6.07) is 0. The lowest BCUT2D eigenvalue weighted by Crippen LogP contribution is -2.57. The van der Waals surface area contributed by atoms with Crippen molar-refractivity contribution in [3.8, 4) is 0 Å². The van der Waals surface area contributed by atoms with Crippen LogP contribution in [-0.2, 0) is 14.3 Å². The van der Waals surface area contributed by atoms with Crippen molar-refractivity contribution in [2.75, 3.05) is 0 Å². The van der Waals surface area contributed by atoms with Crippen molar-refractivity contribution in [3.05, 3.63) is 0 Å². The van der Waals surface area contributed by atoms with Crippen molar-refractivity contribution in [2.45, 2.75) is 84.7 Å². The van der Waals surface area contributed by atoms with Crippen LogP contribution in [0.3, 0.4) is 0 Å². The van der Waals surface area contributed by atoms with E-state index in [1.165, 1.54) is 32.1 Å². The van der Waals surface area contributed by atoms with Gasteiger partial charge < -0.3 is 4.74 Å². The molecule has 0 radical (unpaired) electrons. The first-order valence-electron chi connectivity index (χ1n) is 10.1. The minimum Gasteiger partial charge on any atom is -0.462 e. The molecule has 0 aliphatic heterocycles. The molecule has 4 aliphatic carbocycles. The van der Waals surface area contributed by atoms with Gasteiger partial charge in [-0.1, -0.05) is 26.7 Å². The van der Waals surface area contributed by atoms with Crippen molar-refractivity contribution in [3.63, 3.8) is 0 Å². The first-order valence-corrected chi connectivity index (χ1v) is 10.1. The molecule has 3 nitrogen and oxygen atoms in total. The number of fused-ring (bicyclic) bond motifs is 5. The monoisotopic (exact) mass is 332 g/mol. The Morgan fingerprint density at radius 1 is 1.04 bits per heavy atom. The summed E-state index contributed by atoms with van der Waals surface area (Å²) in [5.74, 6) is 2.69. The normalized spacial score (nSPS) is 50.6. The highest BCUT2D eigenvalue weighted by molar-refractivity contribution is 5.87. The van der Waals surface area contributed by atoms with Gasteiger partial charge in [-0.2, -0.15) is 0 Å². The van der Waals surface area contributed by atoms with Gasteiger partial charge in [0.15, 0.2) is 0 Å². The Labute approximate surface area is 145 Å². The predicted octanol–water partition coefficient (Wildman–Crippen LogP) is 4.53. The summed E-state index contributed by atoms with van der Waals surface area (Å²) in [6.07, 6.45) is 10.2. The Hall–Kier alpha value is -0.860. The minimum absolute atomic E-state index is 0.0760. The number of ether oxygens (including phenoxy) is 1. The predicted molar refractivity (Wildman–Crippen MR) is 92.3 cm³/mol. The fourth-order valence-electron chi connectivity index (χ4n) is 7.44. The Morgan fingerprint density at radius 2 is 1.83 bits per heavy atom. The molecule has 0 N–H and O–H groups in total. The second kappa shape index (κ2) is 5.57. The van der Waals surface area contributed by atoms with Crippen LogP contribution in [-0.4, -0.2) is 17.9 Å². The molecule has 0 aromatic heterocycles. The summed E-state index contributed by atoms with van der Waals surface area (Å²) in [7, 11) is 0. The smallest absolute Gasteiger partial charge is 0.302 e. The highest BCUT2D eigenvalue weighted by Crippen LogP contribution is 2.65. The van der Waals surface area contributed by atoms with Gasteiger partial charge in [-0.15, -0.1) is 0 Å². The lowest BCUT2D eigenvalue weighted by atomic mass is 9.44. The summed E-state index contributed by atoms with van der Waals surface area (Å²) in [6.45, 7) is 6.25. The van der Waals surface area contributed by atoms with Crippen LogP contribution >= 0.6 is 0 Å². The number of rotatable bonds is 1. The fourth-order valence-corrected chi connectivity index (χ4v) is 7.44. The molecule has 4 saturated carbocycles. The summed E-state index contributed by atoms with van der Waals surface area (Å²) in [5, 5.41) is 0. The first-order chi connectivity index (χ1) is 11.4. The molecule has 0 saturated heterocycles. The molecule has 4 rings (SSSR count). The maximum Gasteiger partial charge on any atom is 0.302 e. The van der Waals surface area contributed by atoms with Gasteiger partial charge in [0, 0.05) is 24.7 Å². The Morgan fingerprint density at radius 3 is 2.58 bits per heavy atom. The second-order valence-electron chi connectivity index (χ2n) is 9.54. The average molecular weight is 332 g/mol. The van der Waals surface area contributed by atoms with E-state index in [0.29, 0.717) is 29.0 Å². The van der Waals surface area contributed by atoms with E-state index in [2.05, 4.69) is 13.8 Å². The molecule has 3 unspecified atom stereocenters. The topological polar surface area (TPSA) is 43.4 Å². The van der Waals surface area contributed by atoms with Crippen molar-refractivity contribution in [1.82, 2.24) is 0 Å². The number of Topliss-reactive ketones (excluding diaryl/α,β-unsaturated/α-hetero) is 1. The van der Waals surface area contributed by atoms with E-state index in [9.17, 15) is 9.59 Å². The van der Waals surface area contributed by atoms with Crippen molar-refractivity contribution < 1.29 is 14.3 Å². The molecule has 7 atom stereocenters. The SMILES string of the molecule is CC(=O)OC1C[C@@H]2C(CC[C@]3(C)C(=O)CC[C@@H]23)[C@@]2(C)CCCCC12. The van der Waals surface area contributed by atoms with Crippen LogP contribution in [0, 0.1) is 34.5 Å². The maximum atomic E-state index is 12.5. The van der Waals surface area contributed by atoms with E-state index in [0.717, 1.165) is 31.6 Å². The van der Waals surface area contributed by atoms with Crippen molar-refractivity contribution in [1.29, 1.82) is 0 Å². The van der Waals surface area contributed by atoms with Crippen LogP contribution in [0.4, 0.5) is 0 Å². The van der Waals surface area contributed by atoms with Gasteiger partial charge in [0.25, 0.3) is 0 Å². The van der Waals surface area contributed by atoms with Crippen LogP contribution in [0.25, 0.3) is 0 Å². The molecule has 0 aromatic rings. The van der Waals surface area contributed by atoms with Gasteiger partial charge in [-0.3, -0.25) is 9.59 Å². The average Bonchev–Trinajstić information content (AvgIpc) is 2.82. The van der Waals surface area contributed by atoms with Crippen molar-refractivity contribution >= 4 is 11.8 Å². The van der Waals surface area contributed by atoms with Gasteiger partial charge in [-0.25, -0.2) is 0 Å². The largest absolute Gasteiger partial charge is 0.462 e. The van der Waals surface area contributed by atoms with Crippen molar-refractivity contribution in [2.24, 2.45) is 34.5 Å². The molecule has 134 valence electrons. The van der Waals surface area contributed by atoms with Crippen LogP contribution < -0.4 is 0 Å². The number of esters is 1. The zero-order chi connectivity index (χ0) is 17.1. The van der Waals surface area contributed by atoms with Gasteiger partial charge in [0.2, 0.25) is 0 Å². The van der Waals surface area contributed by atoms with Gasteiger partial charge in [-0.05, 0) is 61.7 Å². The Kier molecular flexibility index (Phi) is 3.85. The number of carbonyl (C=O) groups excluding carboxylic acids is 2. The molecule has 24 heavy (non-hydrogen) atoms. The van der Waals surface area contributed by atoms with Gasteiger partial charge >= 0.3 is 5.97 Å². The lowest BCUT2D eigenvalue weighted by Gasteiger charge is -2.61. The molecular weight excluding hydrogens is 300 g/mol. The summed E-state index contributed by atoms with van der Waals surface area (Å²) in [5.41, 5.74) is 0.202. The van der Waals surface area contributed by atoms with E-state index >= 15 is 0 Å². The highest BCUT2D eigenvalue weighted by Gasteiger charge is 2.62. The zero-order valence-electron chi connectivity index (χ0n) is 15.5. The molecule has 3 heteroatoms. The molecule has 0 amide bonds. The maximum absolute atomic E-state index is 12.5. The zero-order valence-corrected chi connectivity index (χ0v) is 15.5. The van der Waals surface area contributed by atoms with Crippen LogP contribution in [0.2, 0.25) is 0 Å². The summed E-state index contributed by atoms with van der Waals surface area (Å²) in [4.78, 5) is 24.3. The van der Waals surface area contributed by atoms with Crippen LogP contribution in [0.15, 0.2) is 0 Å². The van der Waals surface area contributed by atoms with E-state index in [-0.39, 0.29) is 17.5 Å². The third kappa shape index (κ3) is 2.22. The van der Waals surface area contributed by atoms with Crippen LogP contribution in [0.5, 0.6) is 0 Å². The van der Waals surface area contributed by atoms with E-state index < -0.39 is 0 Å². The summed E-state index contributed by atoms with van der Waals surface area (Å²) >= 11 is 0. The number of hydrogen-bond acceptors (Lipinski definition) is 3. The molecule has 0 bridgehead atoms. The van der Waals surface area contributed by atoms with Crippen LogP contribution in [0.1, 0.15) is 78.6 Å². The van der Waals surface area contributed by atoms with E-state index in [1.807, 2.05) is 0 Å². The van der Waals surface area contributed by atoms with E-state index in [1.54, 1.807) is 6.92 Å². The highest BCUT2D eigenvalue weighted by atomic mass is 16.5. The standard InChI is InChI=1S/C21H32O3/c1-13(22)24-18-12-14-15-7-8-19(23)21(15,3)11-9-16(14)20(2)10-5-4-6-17(18)20/h14-18H,4-12H2,1-3H3/t14-,15-,16?,17?,18?,20+,21-/m0/s1. The quantitative estimate of drug-likeness (QED) is 0.663. The Balaban J connectivity index is 1.69. The molecular formula is C21H32O3. The summed E-state index contributed by atoms with van der Waals surface area (Å²) < 4.78 is 5.86. The Bertz CT molecular complexity index is 555. The first kappa shape index (κ1) is 16.6. The van der Waals surface area contributed by atoms with E-state index in [4.69, 9.17) is 4.74 Å². The number of hydrogen-bond donors (Lipinski definition) is 0. The molecule has 4 fully saturated rings. The molecule has 0 aromatic carbocycles. The molecule has 0 spiro atoms. The van der Waals surface area contributed by atoms with Gasteiger partial charge in [0.1, 0.15) is 11.9 Å². The molecule has 0 heterocycles. The molecule has 4 aliphatic rings. The third-order valence-electron chi connectivity index (χ3n) is 8.59. The lowest BCUT2D eigenvalue weighted by molar-refractivity contribution is -0.183. The van der Waals surface area contributed by atoms with Gasteiger partial charge in [0.05, 0.1) is 0 Å². The second-order valence-corrected chi connectivity index (χ2v) is 9.54. The third-order valence-corrected chi connectivity index (χ3v) is 8.59. The minimum atomic E-state index is -0.132.